The molecule has 1 heterocycles. The second-order valence-electron chi connectivity index (χ2n) is 5.65. The molecule has 2 fully saturated rings. The summed E-state index contributed by atoms with van der Waals surface area (Å²) in [7, 11) is 0. The second kappa shape index (κ2) is 5.74. The zero-order valence-corrected chi connectivity index (χ0v) is 11.1. The summed E-state index contributed by atoms with van der Waals surface area (Å²) in [6.45, 7) is 1.30. The number of esters is 1. The van der Waals surface area contributed by atoms with E-state index in [1.54, 1.807) is 0 Å². The molecule has 1 aromatic rings. The molecule has 2 aliphatic rings. The summed E-state index contributed by atoms with van der Waals surface area (Å²) in [5, 5.41) is 0. The van der Waals surface area contributed by atoms with Gasteiger partial charge in [0.1, 0.15) is 6.10 Å². The molecule has 1 saturated carbocycles. The Morgan fingerprint density at radius 3 is 2.89 bits per heavy atom. The lowest BCUT2D eigenvalue weighted by Crippen LogP contribution is -2.21. The number of carbonyl (C=O) groups is 1. The molecular formula is C16H20O3. The molecule has 1 aliphatic carbocycles. The fourth-order valence-corrected chi connectivity index (χ4v) is 3.22. The standard InChI is InChI=1S/C16H20O3/c17-16-9-14(13-6-7-15(8-13)19-16)11-18-10-12-4-2-1-3-5-12/h1-5,13-15H,6-11H2/t13-,14+,15+/m0/s1. The minimum absolute atomic E-state index is 0.0412. The van der Waals surface area contributed by atoms with E-state index in [1.807, 2.05) is 18.2 Å². The Labute approximate surface area is 113 Å². The van der Waals surface area contributed by atoms with Crippen LogP contribution in [0.5, 0.6) is 0 Å². The Balaban J connectivity index is 1.52. The second-order valence-corrected chi connectivity index (χ2v) is 5.65. The molecule has 0 aromatic heterocycles. The average molecular weight is 260 g/mol. The Hall–Kier alpha value is -1.35. The first-order valence-electron chi connectivity index (χ1n) is 7.12. The van der Waals surface area contributed by atoms with E-state index < -0.39 is 0 Å². The first-order valence-corrected chi connectivity index (χ1v) is 7.12. The summed E-state index contributed by atoms with van der Waals surface area (Å²) < 4.78 is 11.2. The van der Waals surface area contributed by atoms with Crippen molar-refractivity contribution in [3.05, 3.63) is 35.9 Å². The summed E-state index contributed by atoms with van der Waals surface area (Å²) in [6, 6.07) is 10.2. The quantitative estimate of drug-likeness (QED) is 0.781. The maximum absolute atomic E-state index is 11.6. The molecule has 2 bridgehead atoms. The van der Waals surface area contributed by atoms with Crippen LogP contribution in [0.2, 0.25) is 0 Å². The largest absolute Gasteiger partial charge is 0.462 e. The van der Waals surface area contributed by atoms with Gasteiger partial charge in [-0.3, -0.25) is 4.79 Å². The van der Waals surface area contributed by atoms with Crippen LogP contribution in [0.15, 0.2) is 30.3 Å². The molecule has 0 N–H and O–H groups in total. The minimum atomic E-state index is -0.0412. The van der Waals surface area contributed by atoms with Gasteiger partial charge in [0.15, 0.2) is 0 Å². The van der Waals surface area contributed by atoms with Crippen molar-refractivity contribution in [2.45, 2.75) is 38.4 Å². The normalized spacial score (nSPS) is 29.9. The molecule has 0 unspecified atom stereocenters. The van der Waals surface area contributed by atoms with E-state index in [-0.39, 0.29) is 12.1 Å². The molecule has 3 nitrogen and oxygen atoms in total. The summed E-state index contributed by atoms with van der Waals surface area (Å²) in [5.74, 6) is 0.899. The predicted molar refractivity (Wildman–Crippen MR) is 71.4 cm³/mol. The Morgan fingerprint density at radius 1 is 1.21 bits per heavy atom. The summed E-state index contributed by atoms with van der Waals surface area (Å²) in [5.41, 5.74) is 1.18. The van der Waals surface area contributed by atoms with Gasteiger partial charge >= 0.3 is 5.97 Å². The van der Waals surface area contributed by atoms with Crippen LogP contribution >= 0.6 is 0 Å². The van der Waals surface area contributed by atoms with Crippen molar-refractivity contribution in [2.24, 2.45) is 11.8 Å². The van der Waals surface area contributed by atoms with Crippen molar-refractivity contribution in [1.29, 1.82) is 0 Å². The monoisotopic (exact) mass is 260 g/mol. The van der Waals surface area contributed by atoms with Crippen LogP contribution in [0.3, 0.4) is 0 Å². The van der Waals surface area contributed by atoms with Crippen molar-refractivity contribution >= 4 is 5.97 Å². The highest BCUT2D eigenvalue weighted by atomic mass is 16.5. The van der Waals surface area contributed by atoms with E-state index in [2.05, 4.69) is 12.1 Å². The van der Waals surface area contributed by atoms with Crippen molar-refractivity contribution in [2.75, 3.05) is 6.61 Å². The van der Waals surface area contributed by atoms with Gasteiger partial charge in [0, 0.05) is 0 Å². The number of carbonyl (C=O) groups excluding carboxylic acids is 1. The molecule has 3 atom stereocenters. The van der Waals surface area contributed by atoms with Gasteiger partial charge in [-0.05, 0) is 36.7 Å². The fraction of sp³-hybridized carbons (Fsp3) is 0.562. The highest BCUT2D eigenvalue weighted by molar-refractivity contribution is 5.70. The molecular weight excluding hydrogens is 240 g/mol. The number of rotatable bonds is 4. The lowest BCUT2D eigenvalue weighted by Gasteiger charge is -2.20. The molecule has 0 spiro atoms. The van der Waals surface area contributed by atoms with Crippen LogP contribution in [0.4, 0.5) is 0 Å². The smallest absolute Gasteiger partial charge is 0.306 e. The van der Waals surface area contributed by atoms with Crippen LogP contribution in [-0.2, 0) is 20.9 Å². The third kappa shape index (κ3) is 3.16. The van der Waals surface area contributed by atoms with E-state index >= 15 is 0 Å². The molecule has 3 heteroatoms. The lowest BCUT2D eigenvalue weighted by atomic mass is 9.89. The zero-order valence-electron chi connectivity index (χ0n) is 11.1. The van der Waals surface area contributed by atoms with Gasteiger partial charge in [-0.2, -0.15) is 0 Å². The molecule has 1 aliphatic heterocycles. The van der Waals surface area contributed by atoms with Gasteiger partial charge in [-0.15, -0.1) is 0 Å². The van der Waals surface area contributed by atoms with E-state index in [4.69, 9.17) is 9.47 Å². The van der Waals surface area contributed by atoms with E-state index in [0.717, 1.165) is 12.8 Å². The lowest BCUT2D eigenvalue weighted by molar-refractivity contribution is -0.149. The maximum Gasteiger partial charge on any atom is 0.306 e. The number of hydrogen-bond donors (Lipinski definition) is 0. The van der Waals surface area contributed by atoms with Crippen LogP contribution in [0.25, 0.3) is 0 Å². The molecule has 102 valence electrons. The summed E-state index contributed by atoms with van der Waals surface area (Å²) in [4.78, 5) is 11.6. The van der Waals surface area contributed by atoms with E-state index in [1.165, 1.54) is 12.0 Å². The average Bonchev–Trinajstić information content (AvgIpc) is 2.80. The zero-order chi connectivity index (χ0) is 13.1. The van der Waals surface area contributed by atoms with Crippen LogP contribution in [0.1, 0.15) is 31.2 Å². The third-order valence-corrected chi connectivity index (χ3v) is 4.26. The summed E-state index contributed by atoms with van der Waals surface area (Å²) in [6.07, 6.45) is 3.95. The van der Waals surface area contributed by atoms with Crippen molar-refractivity contribution in [3.8, 4) is 0 Å². The predicted octanol–water partition coefficient (Wildman–Crippen LogP) is 2.94. The van der Waals surface area contributed by atoms with Crippen LogP contribution in [-0.4, -0.2) is 18.7 Å². The Morgan fingerprint density at radius 2 is 2.05 bits per heavy atom. The van der Waals surface area contributed by atoms with Crippen molar-refractivity contribution < 1.29 is 14.3 Å². The topological polar surface area (TPSA) is 35.5 Å². The van der Waals surface area contributed by atoms with Gasteiger partial charge in [0.2, 0.25) is 0 Å². The maximum atomic E-state index is 11.6. The van der Waals surface area contributed by atoms with Gasteiger partial charge in [-0.25, -0.2) is 0 Å². The van der Waals surface area contributed by atoms with Gasteiger partial charge in [0.05, 0.1) is 19.6 Å². The molecule has 1 saturated heterocycles. The van der Waals surface area contributed by atoms with Gasteiger partial charge < -0.3 is 9.47 Å². The summed E-state index contributed by atoms with van der Waals surface area (Å²) >= 11 is 0. The highest BCUT2D eigenvalue weighted by Crippen LogP contribution is 2.38. The highest BCUT2D eigenvalue weighted by Gasteiger charge is 2.37. The van der Waals surface area contributed by atoms with Crippen LogP contribution in [0, 0.1) is 11.8 Å². The SMILES string of the molecule is O=C1C[C@H](COCc2ccccc2)[C@H]2CC[C@H](C2)O1. The fourth-order valence-electron chi connectivity index (χ4n) is 3.22. The molecule has 0 amide bonds. The van der Waals surface area contributed by atoms with E-state index in [0.29, 0.717) is 31.5 Å². The number of benzene rings is 1. The molecule has 3 rings (SSSR count). The first kappa shape index (κ1) is 12.7. The van der Waals surface area contributed by atoms with Crippen LogP contribution < -0.4 is 0 Å². The number of hydrogen-bond acceptors (Lipinski definition) is 3. The van der Waals surface area contributed by atoms with Crippen molar-refractivity contribution in [3.63, 3.8) is 0 Å². The van der Waals surface area contributed by atoms with Crippen molar-refractivity contribution in [1.82, 2.24) is 0 Å². The Bertz CT molecular complexity index is 429. The third-order valence-electron chi connectivity index (χ3n) is 4.26. The Kier molecular flexibility index (Phi) is 3.83. The van der Waals surface area contributed by atoms with Gasteiger partial charge in [0.25, 0.3) is 0 Å². The number of fused-ring (bicyclic) bond motifs is 2. The minimum Gasteiger partial charge on any atom is -0.462 e. The van der Waals surface area contributed by atoms with Gasteiger partial charge in [-0.1, -0.05) is 30.3 Å². The number of ether oxygens (including phenoxy) is 2. The molecule has 19 heavy (non-hydrogen) atoms. The molecule has 1 aromatic carbocycles. The molecule has 0 radical (unpaired) electrons. The first-order chi connectivity index (χ1) is 9.31. The van der Waals surface area contributed by atoms with E-state index in [9.17, 15) is 4.79 Å².